The quantitative estimate of drug-likeness (QED) is 0.787. The Morgan fingerprint density at radius 3 is 2.22 bits per heavy atom. The summed E-state index contributed by atoms with van der Waals surface area (Å²) in [5, 5.41) is 3.49. The Morgan fingerprint density at radius 1 is 1.00 bits per heavy atom. The van der Waals surface area contributed by atoms with Crippen LogP contribution in [0, 0.1) is 6.92 Å². The minimum atomic E-state index is -3.64. The van der Waals surface area contributed by atoms with Crippen molar-refractivity contribution in [2.24, 2.45) is 0 Å². The number of sulfonamides is 1. The average Bonchev–Trinajstić information content (AvgIpc) is 2.54. The zero-order valence-corrected chi connectivity index (χ0v) is 17.7. The summed E-state index contributed by atoms with van der Waals surface area (Å²) in [7, 11) is -3.64. The van der Waals surface area contributed by atoms with Gasteiger partial charge in [-0.15, -0.1) is 0 Å². The monoisotopic (exact) mass is 384 g/mol. The lowest BCUT2D eigenvalue weighted by Crippen LogP contribution is -2.37. The Labute approximate surface area is 163 Å². The number of allylic oxidation sites excluding steroid dienone is 1. The maximum atomic E-state index is 13.3. The van der Waals surface area contributed by atoms with Gasteiger partial charge in [0.2, 0.25) is 0 Å². The molecule has 144 valence electrons. The summed E-state index contributed by atoms with van der Waals surface area (Å²) in [6.45, 7) is 12.1. The topological polar surface area (TPSA) is 49.4 Å². The highest BCUT2D eigenvalue weighted by molar-refractivity contribution is 7.92. The third kappa shape index (κ3) is 3.74. The number of nitrogens with zero attached hydrogens (tertiary/aromatic N) is 1. The van der Waals surface area contributed by atoms with Crippen molar-refractivity contribution in [3.05, 3.63) is 59.7 Å². The van der Waals surface area contributed by atoms with Crippen molar-refractivity contribution in [1.82, 2.24) is 0 Å². The van der Waals surface area contributed by atoms with E-state index in [0.29, 0.717) is 10.6 Å². The van der Waals surface area contributed by atoms with Crippen molar-refractivity contribution in [2.75, 3.05) is 9.62 Å². The van der Waals surface area contributed by atoms with Crippen LogP contribution < -0.4 is 9.62 Å². The van der Waals surface area contributed by atoms with E-state index >= 15 is 0 Å². The third-order valence-electron chi connectivity index (χ3n) is 4.76. The van der Waals surface area contributed by atoms with Crippen molar-refractivity contribution in [3.63, 3.8) is 0 Å². The van der Waals surface area contributed by atoms with E-state index in [1.807, 2.05) is 51.1 Å². The van der Waals surface area contributed by atoms with Gasteiger partial charge < -0.3 is 5.32 Å². The number of hydrogen-bond acceptors (Lipinski definition) is 3. The summed E-state index contributed by atoms with van der Waals surface area (Å²) in [6.07, 6.45) is 2.17. The van der Waals surface area contributed by atoms with E-state index in [1.165, 1.54) is 4.31 Å². The van der Waals surface area contributed by atoms with Crippen molar-refractivity contribution in [2.45, 2.75) is 58.0 Å². The molecule has 0 fully saturated rings. The summed E-state index contributed by atoms with van der Waals surface area (Å²) >= 11 is 0. The molecule has 0 saturated heterocycles. The highest BCUT2D eigenvalue weighted by Gasteiger charge is 2.29. The highest BCUT2D eigenvalue weighted by atomic mass is 32.2. The zero-order valence-electron chi connectivity index (χ0n) is 16.9. The normalized spacial score (nSPS) is 15.7. The van der Waals surface area contributed by atoms with Crippen LogP contribution >= 0.6 is 0 Å². The molecule has 0 bridgehead atoms. The lowest BCUT2D eigenvalue weighted by molar-refractivity contribution is 0.584. The molecule has 0 spiro atoms. The fraction of sp³-hybridized carbons (Fsp3) is 0.364. The first-order chi connectivity index (χ1) is 12.5. The van der Waals surface area contributed by atoms with Gasteiger partial charge in [-0.05, 0) is 77.4 Å². The fourth-order valence-electron chi connectivity index (χ4n) is 3.65. The molecule has 1 aliphatic heterocycles. The molecule has 3 rings (SSSR count). The molecule has 2 aromatic rings. The Kier molecular flexibility index (Phi) is 4.85. The predicted octanol–water partition coefficient (Wildman–Crippen LogP) is 5.21. The second-order valence-corrected chi connectivity index (χ2v) is 9.93. The largest absolute Gasteiger partial charge is 0.376 e. The van der Waals surface area contributed by atoms with Gasteiger partial charge in [-0.3, -0.25) is 4.31 Å². The van der Waals surface area contributed by atoms with Gasteiger partial charge >= 0.3 is 0 Å². The van der Waals surface area contributed by atoms with E-state index in [9.17, 15) is 8.42 Å². The first kappa shape index (κ1) is 19.5. The zero-order chi connectivity index (χ0) is 20.0. The number of aryl methyl sites for hydroxylation is 1. The van der Waals surface area contributed by atoms with Crippen LogP contribution in [-0.4, -0.2) is 20.0 Å². The van der Waals surface area contributed by atoms with E-state index in [4.69, 9.17) is 0 Å². The molecule has 0 atom stereocenters. The molecular weight excluding hydrogens is 356 g/mol. The fourth-order valence-corrected chi connectivity index (χ4v) is 5.30. The molecule has 0 unspecified atom stereocenters. The van der Waals surface area contributed by atoms with Crippen LogP contribution in [0.4, 0.5) is 11.4 Å². The van der Waals surface area contributed by atoms with Gasteiger partial charge in [0, 0.05) is 17.3 Å². The molecular formula is C22H28N2O2S. The first-order valence-electron chi connectivity index (χ1n) is 9.24. The summed E-state index contributed by atoms with van der Waals surface area (Å²) in [5.41, 5.74) is 4.81. The molecule has 5 heteroatoms. The summed E-state index contributed by atoms with van der Waals surface area (Å²) in [4.78, 5) is 0.311. The maximum Gasteiger partial charge on any atom is 0.264 e. The molecule has 0 aromatic heterocycles. The molecule has 0 radical (unpaired) electrons. The molecule has 0 aliphatic carbocycles. The number of fused-ring (bicyclic) bond motifs is 1. The van der Waals surface area contributed by atoms with E-state index in [-0.39, 0.29) is 11.6 Å². The van der Waals surface area contributed by atoms with Crippen LogP contribution in [0.25, 0.3) is 5.57 Å². The SMILES string of the molecule is CC1=CC(C)(C)Nc2ccc(N(C(C)C)S(=O)(=O)c3ccc(C)cc3)cc21. The van der Waals surface area contributed by atoms with Gasteiger partial charge in [0.1, 0.15) is 0 Å². The smallest absolute Gasteiger partial charge is 0.264 e. The highest BCUT2D eigenvalue weighted by Crippen LogP contribution is 2.37. The predicted molar refractivity (Wildman–Crippen MR) is 114 cm³/mol. The Morgan fingerprint density at radius 2 is 1.63 bits per heavy atom. The van der Waals surface area contributed by atoms with Gasteiger partial charge in [-0.25, -0.2) is 8.42 Å². The standard InChI is InChI=1S/C22H28N2O2S/c1-15(2)24(27(25,26)19-10-7-16(3)8-11-19)18-9-12-21-20(13-18)17(4)14-22(5,6)23-21/h7-15,23H,1-6H3. The second kappa shape index (κ2) is 6.71. The molecule has 27 heavy (non-hydrogen) atoms. The summed E-state index contributed by atoms with van der Waals surface area (Å²) in [5.74, 6) is 0. The number of anilines is 2. The molecule has 1 heterocycles. The van der Waals surface area contributed by atoms with Crippen molar-refractivity contribution >= 4 is 27.0 Å². The summed E-state index contributed by atoms with van der Waals surface area (Å²) in [6, 6.07) is 12.6. The number of nitrogens with one attached hydrogen (secondary N) is 1. The Balaban J connectivity index is 2.09. The van der Waals surface area contributed by atoms with Gasteiger partial charge in [-0.2, -0.15) is 0 Å². The number of rotatable bonds is 4. The van der Waals surface area contributed by atoms with E-state index < -0.39 is 10.0 Å². The van der Waals surface area contributed by atoms with Gasteiger partial charge in [0.15, 0.2) is 0 Å². The van der Waals surface area contributed by atoms with Gasteiger partial charge in [0.25, 0.3) is 10.0 Å². The van der Waals surface area contributed by atoms with Crippen LogP contribution in [0.1, 0.15) is 45.7 Å². The van der Waals surface area contributed by atoms with Gasteiger partial charge in [-0.1, -0.05) is 23.8 Å². The molecule has 0 saturated carbocycles. The number of hydrogen-bond donors (Lipinski definition) is 1. The molecule has 0 amide bonds. The van der Waals surface area contributed by atoms with E-state index in [0.717, 1.165) is 22.4 Å². The van der Waals surface area contributed by atoms with Crippen LogP contribution in [0.3, 0.4) is 0 Å². The maximum absolute atomic E-state index is 13.3. The van der Waals surface area contributed by atoms with Gasteiger partial charge in [0.05, 0.1) is 16.1 Å². The van der Waals surface area contributed by atoms with Crippen molar-refractivity contribution in [3.8, 4) is 0 Å². The molecule has 1 N–H and O–H groups in total. The van der Waals surface area contributed by atoms with E-state index in [2.05, 4.69) is 32.2 Å². The minimum absolute atomic E-state index is 0.121. The average molecular weight is 385 g/mol. The third-order valence-corrected chi connectivity index (χ3v) is 6.78. The first-order valence-corrected chi connectivity index (χ1v) is 10.7. The lowest BCUT2D eigenvalue weighted by Gasteiger charge is -2.33. The number of benzene rings is 2. The van der Waals surface area contributed by atoms with Crippen molar-refractivity contribution < 1.29 is 8.42 Å². The lowest BCUT2D eigenvalue weighted by atomic mass is 9.91. The second-order valence-electron chi connectivity index (χ2n) is 8.11. The summed E-state index contributed by atoms with van der Waals surface area (Å²) < 4.78 is 28.2. The molecule has 2 aromatic carbocycles. The molecule has 1 aliphatic rings. The van der Waals surface area contributed by atoms with E-state index in [1.54, 1.807) is 12.1 Å². The van der Waals surface area contributed by atoms with Crippen LogP contribution in [0.5, 0.6) is 0 Å². The minimum Gasteiger partial charge on any atom is -0.376 e. The Hall–Kier alpha value is -2.27. The molecule has 4 nitrogen and oxygen atoms in total. The van der Waals surface area contributed by atoms with Crippen LogP contribution in [0.15, 0.2) is 53.4 Å². The van der Waals surface area contributed by atoms with Crippen molar-refractivity contribution in [1.29, 1.82) is 0 Å². The van der Waals surface area contributed by atoms with Crippen LogP contribution in [-0.2, 0) is 10.0 Å². The Bertz CT molecular complexity index is 987. The van der Waals surface area contributed by atoms with Crippen LogP contribution in [0.2, 0.25) is 0 Å².